The molecule has 2 atom stereocenters. The molecule has 4 rings (SSSR count). The zero-order valence-corrected chi connectivity index (χ0v) is 17.6. The lowest BCUT2D eigenvalue weighted by Gasteiger charge is -2.34. The van der Waals surface area contributed by atoms with Gasteiger partial charge in [0, 0.05) is 18.5 Å². The van der Waals surface area contributed by atoms with Crippen molar-refractivity contribution in [2.75, 3.05) is 19.7 Å². The SMILES string of the molecule is Cc1ccc(-c2cc(C(=O)OCC(=O)N3CC(C)CC(C)C3)c3ccccc3n2)o1. The Kier molecular flexibility index (Phi) is 5.57. The second-order valence-electron chi connectivity index (χ2n) is 8.30. The molecule has 2 unspecified atom stereocenters. The summed E-state index contributed by atoms with van der Waals surface area (Å²) in [5, 5.41) is 0.683. The molecule has 1 saturated heterocycles. The number of aromatic nitrogens is 1. The van der Waals surface area contributed by atoms with Crippen LogP contribution in [0.1, 0.15) is 36.4 Å². The highest BCUT2D eigenvalue weighted by molar-refractivity contribution is 6.05. The maximum atomic E-state index is 12.9. The summed E-state index contributed by atoms with van der Waals surface area (Å²) < 4.78 is 11.1. The van der Waals surface area contributed by atoms with E-state index in [1.807, 2.05) is 43.3 Å². The molecule has 0 N–H and O–H groups in total. The van der Waals surface area contributed by atoms with Crippen molar-refractivity contribution in [1.82, 2.24) is 9.88 Å². The molecule has 6 heteroatoms. The monoisotopic (exact) mass is 406 g/mol. The zero-order chi connectivity index (χ0) is 21.3. The van der Waals surface area contributed by atoms with E-state index in [0.29, 0.717) is 52.8 Å². The van der Waals surface area contributed by atoms with E-state index >= 15 is 0 Å². The molecule has 1 aliphatic rings. The number of carbonyl (C=O) groups excluding carboxylic acids is 2. The predicted octanol–water partition coefficient (Wildman–Crippen LogP) is 4.46. The molecule has 1 fully saturated rings. The van der Waals surface area contributed by atoms with Crippen LogP contribution < -0.4 is 0 Å². The third-order valence-corrected chi connectivity index (χ3v) is 5.48. The Morgan fingerprint density at radius 1 is 1.13 bits per heavy atom. The molecule has 6 nitrogen and oxygen atoms in total. The number of benzene rings is 1. The van der Waals surface area contributed by atoms with Gasteiger partial charge in [0.15, 0.2) is 12.4 Å². The summed E-state index contributed by atoms with van der Waals surface area (Å²) in [6.45, 7) is 7.30. The number of nitrogens with zero attached hydrogens (tertiary/aromatic N) is 2. The Balaban J connectivity index is 1.56. The number of amides is 1. The van der Waals surface area contributed by atoms with E-state index in [2.05, 4.69) is 18.8 Å². The summed E-state index contributed by atoms with van der Waals surface area (Å²) in [5.74, 6) is 1.57. The van der Waals surface area contributed by atoms with Crippen LogP contribution in [0.5, 0.6) is 0 Å². The van der Waals surface area contributed by atoms with Crippen molar-refractivity contribution < 1.29 is 18.7 Å². The average molecular weight is 406 g/mol. The van der Waals surface area contributed by atoms with E-state index in [4.69, 9.17) is 9.15 Å². The summed E-state index contributed by atoms with van der Waals surface area (Å²) >= 11 is 0. The van der Waals surface area contributed by atoms with E-state index in [-0.39, 0.29) is 12.5 Å². The van der Waals surface area contributed by atoms with E-state index in [1.165, 1.54) is 0 Å². The van der Waals surface area contributed by atoms with Crippen molar-refractivity contribution in [3.8, 4) is 11.5 Å². The first kappa shape index (κ1) is 20.1. The first-order valence-corrected chi connectivity index (χ1v) is 10.3. The van der Waals surface area contributed by atoms with Crippen molar-refractivity contribution in [3.05, 3.63) is 53.8 Å². The van der Waals surface area contributed by atoms with Crippen LogP contribution in [0, 0.1) is 18.8 Å². The van der Waals surface area contributed by atoms with Crippen molar-refractivity contribution in [2.24, 2.45) is 11.8 Å². The first-order chi connectivity index (χ1) is 14.4. The van der Waals surface area contributed by atoms with E-state index in [9.17, 15) is 9.59 Å². The number of hydrogen-bond acceptors (Lipinski definition) is 5. The molecule has 0 spiro atoms. The van der Waals surface area contributed by atoms with E-state index < -0.39 is 5.97 Å². The smallest absolute Gasteiger partial charge is 0.339 e. The topological polar surface area (TPSA) is 72.6 Å². The van der Waals surface area contributed by atoms with Gasteiger partial charge in [-0.15, -0.1) is 0 Å². The van der Waals surface area contributed by atoms with Gasteiger partial charge < -0.3 is 14.1 Å². The fourth-order valence-electron chi connectivity index (χ4n) is 4.21. The van der Waals surface area contributed by atoms with Crippen LogP contribution >= 0.6 is 0 Å². The van der Waals surface area contributed by atoms with Crippen molar-refractivity contribution >= 4 is 22.8 Å². The molecule has 2 aromatic heterocycles. The lowest BCUT2D eigenvalue weighted by Crippen LogP contribution is -2.44. The number of ether oxygens (including phenoxy) is 1. The Bertz CT molecular complexity index is 1080. The van der Waals surface area contributed by atoms with Gasteiger partial charge in [-0.2, -0.15) is 0 Å². The molecule has 3 aromatic rings. The molecular weight excluding hydrogens is 380 g/mol. The molecule has 3 heterocycles. The third-order valence-electron chi connectivity index (χ3n) is 5.48. The molecule has 0 radical (unpaired) electrons. The number of pyridine rings is 1. The normalized spacial score (nSPS) is 19.1. The molecule has 0 aliphatic carbocycles. The fraction of sp³-hybridized carbons (Fsp3) is 0.375. The molecule has 1 amide bonds. The van der Waals surface area contributed by atoms with Gasteiger partial charge in [-0.3, -0.25) is 4.79 Å². The minimum absolute atomic E-state index is 0.151. The summed E-state index contributed by atoms with van der Waals surface area (Å²) in [5.41, 5.74) is 1.59. The van der Waals surface area contributed by atoms with Crippen LogP contribution in [-0.4, -0.2) is 41.5 Å². The Labute approximate surface area is 175 Å². The highest BCUT2D eigenvalue weighted by atomic mass is 16.5. The third kappa shape index (κ3) is 4.22. The van der Waals surface area contributed by atoms with Gasteiger partial charge in [-0.05, 0) is 49.4 Å². The number of para-hydroxylation sites is 1. The maximum Gasteiger partial charge on any atom is 0.339 e. The van der Waals surface area contributed by atoms with Gasteiger partial charge in [-0.1, -0.05) is 32.0 Å². The molecular formula is C24H26N2O4. The van der Waals surface area contributed by atoms with Gasteiger partial charge in [0.2, 0.25) is 0 Å². The standard InChI is InChI=1S/C24H26N2O4/c1-15-10-16(2)13-26(12-15)23(27)14-29-24(28)19-11-21(22-9-8-17(3)30-22)25-20-7-5-4-6-18(19)20/h4-9,11,15-16H,10,12-14H2,1-3H3. The molecule has 1 aliphatic heterocycles. The Morgan fingerprint density at radius 2 is 1.87 bits per heavy atom. The van der Waals surface area contributed by atoms with Gasteiger partial charge in [0.1, 0.15) is 11.5 Å². The Morgan fingerprint density at radius 3 is 2.57 bits per heavy atom. The number of likely N-dealkylation sites (tertiary alicyclic amines) is 1. The Hall–Kier alpha value is -3.15. The zero-order valence-electron chi connectivity index (χ0n) is 17.6. The van der Waals surface area contributed by atoms with Crippen LogP contribution in [0.3, 0.4) is 0 Å². The average Bonchev–Trinajstić information content (AvgIpc) is 3.16. The minimum Gasteiger partial charge on any atom is -0.460 e. The van der Waals surface area contributed by atoms with Gasteiger partial charge in [-0.25, -0.2) is 9.78 Å². The quantitative estimate of drug-likeness (QED) is 0.598. The van der Waals surface area contributed by atoms with Gasteiger partial charge in [0.05, 0.1) is 11.1 Å². The van der Waals surface area contributed by atoms with Crippen LogP contribution in [0.15, 0.2) is 46.9 Å². The predicted molar refractivity (Wildman–Crippen MR) is 114 cm³/mol. The van der Waals surface area contributed by atoms with Crippen molar-refractivity contribution in [3.63, 3.8) is 0 Å². The molecule has 0 saturated carbocycles. The first-order valence-electron chi connectivity index (χ1n) is 10.3. The van der Waals surface area contributed by atoms with Crippen LogP contribution in [0.25, 0.3) is 22.4 Å². The van der Waals surface area contributed by atoms with E-state index in [0.717, 1.165) is 12.2 Å². The number of rotatable bonds is 4. The number of fused-ring (bicyclic) bond motifs is 1. The molecule has 1 aromatic carbocycles. The number of hydrogen-bond donors (Lipinski definition) is 0. The lowest BCUT2D eigenvalue weighted by molar-refractivity contribution is -0.137. The van der Waals surface area contributed by atoms with Gasteiger partial charge in [0.25, 0.3) is 5.91 Å². The highest BCUT2D eigenvalue weighted by Crippen LogP contribution is 2.27. The summed E-state index contributed by atoms with van der Waals surface area (Å²) in [6, 6.07) is 12.7. The summed E-state index contributed by atoms with van der Waals surface area (Å²) in [4.78, 5) is 31.9. The lowest BCUT2D eigenvalue weighted by atomic mass is 9.92. The number of carbonyl (C=O) groups is 2. The second-order valence-corrected chi connectivity index (χ2v) is 8.30. The minimum atomic E-state index is -0.537. The summed E-state index contributed by atoms with van der Waals surface area (Å²) in [6.07, 6.45) is 1.11. The molecule has 0 bridgehead atoms. The van der Waals surface area contributed by atoms with Crippen LogP contribution in [0.4, 0.5) is 0 Å². The summed E-state index contributed by atoms with van der Waals surface area (Å²) in [7, 11) is 0. The number of furan rings is 1. The number of esters is 1. The van der Waals surface area contributed by atoms with Crippen molar-refractivity contribution in [1.29, 1.82) is 0 Å². The highest BCUT2D eigenvalue weighted by Gasteiger charge is 2.26. The fourth-order valence-corrected chi connectivity index (χ4v) is 4.21. The second kappa shape index (κ2) is 8.30. The van der Waals surface area contributed by atoms with Crippen molar-refractivity contribution in [2.45, 2.75) is 27.2 Å². The number of piperidine rings is 1. The number of aryl methyl sites for hydroxylation is 1. The van der Waals surface area contributed by atoms with Gasteiger partial charge >= 0.3 is 5.97 Å². The molecule has 156 valence electrons. The maximum absolute atomic E-state index is 12.9. The van der Waals surface area contributed by atoms with E-state index in [1.54, 1.807) is 11.0 Å². The van der Waals surface area contributed by atoms with Crippen LogP contribution in [-0.2, 0) is 9.53 Å². The molecule has 30 heavy (non-hydrogen) atoms. The van der Waals surface area contributed by atoms with Crippen LogP contribution in [0.2, 0.25) is 0 Å². The largest absolute Gasteiger partial charge is 0.460 e.